The van der Waals surface area contributed by atoms with Gasteiger partial charge in [-0.3, -0.25) is 4.79 Å². The normalized spacial score (nSPS) is 20.9. The van der Waals surface area contributed by atoms with Crippen LogP contribution in [0.15, 0.2) is 33.8 Å². The van der Waals surface area contributed by atoms with Crippen LogP contribution < -0.4 is 16.0 Å². The van der Waals surface area contributed by atoms with Crippen LogP contribution in [0.25, 0.3) is 11.4 Å². The van der Waals surface area contributed by atoms with Gasteiger partial charge in [-0.1, -0.05) is 23.2 Å². The minimum Gasteiger partial charge on any atom is -0.357 e. The molecule has 2 aromatic rings. The Morgan fingerprint density at radius 2 is 1.94 bits per heavy atom. The van der Waals surface area contributed by atoms with Crippen LogP contribution in [0.2, 0.25) is 5.02 Å². The monoisotopic (exact) mass is 572 g/mol. The van der Waals surface area contributed by atoms with E-state index in [4.69, 9.17) is 16.1 Å². The number of guanidine groups is 1. The van der Waals surface area contributed by atoms with Crippen molar-refractivity contribution < 1.29 is 9.32 Å². The van der Waals surface area contributed by atoms with Gasteiger partial charge in [-0.15, -0.1) is 24.0 Å². The van der Waals surface area contributed by atoms with Gasteiger partial charge in [0.1, 0.15) is 6.54 Å². The van der Waals surface area contributed by atoms with Crippen molar-refractivity contribution in [2.75, 3.05) is 6.54 Å². The molecule has 0 bridgehead atoms. The third-order valence-corrected chi connectivity index (χ3v) is 5.85. The van der Waals surface area contributed by atoms with E-state index in [0.29, 0.717) is 28.7 Å². The van der Waals surface area contributed by atoms with E-state index < -0.39 is 0 Å². The van der Waals surface area contributed by atoms with Gasteiger partial charge in [-0.25, -0.2) is 4.99 Å². The molecule has 2 aliphatic rings. The van der Waals surface area contributed by atoms with Gasteiger partial charge in [0.15, 0.2) is 5.96 Å². The van der Waals surface area contributed by atoms with Gasteiger partial charge in [0.05, 0.1) is 0 Å². The number of benzene rings is 1. The van der Waals surface area contributed by atoms with Crippen LogP contribution in [0.3, 0.4) is 0 Å². The highest BCUT2D eigenvalue weighted by molar-refractivity contribution is 14.0. The first-order chi connectivity index (χ1) is 15.1. The van der Waals surface area contributed by atoms with Gasteiger partial charge >= 0.3 is 0 Å². The van der Waals surface area contributed by atoms with E-state index in [9.17, 15) is 4.79 Å². The van der Waals surface area contributed by atoms with E-state index in [1.165, 1.54) is 0 Å². The summed E-state index contributed by atoms with van der Waals surface area (Å²) in [6, 6.07) is 7.91. The van der Waals surface area contributed by atoms with Crippen molar-refractivity contribution in [3.05, 3.63) is 35.2 Å². The second-order valence-corrected chi connectivity index (χ2v) is 8.64. The van der Waals surface area contributed by atoms with Crippen molar-refractivity contribution in [1.29, 1.82) is 0 Å². The zero-order valence-electron chi connectivity index (χ0n) is 18.1. The van der Waals surface area contributed by atoms with Crippen LogP contribution in [0.5, 0.6) is 0 Å². The fourth-order valence-corrected chi connectivity index (χ4v) is 3.93. The summed E-state index contributed by atoms with van der Waals surface area (Å²) in [6.07, 6.45) is 6.08. The Morgan fingerprint density at radius 1 is 1.16 bits per heavy atom. The predicted molar refractivity (Wildman–Crippen MR) is 135 cm³/mol. The van der Waals surface area contributed by atoms with Crippen molar-refractivity contribution in [3.63, 3.8) is 0 Å². The van der Waals surface area contributed by atoms with Crippen molar-refractivity contribution >= 4 is 47.4 Å². The maximum atomic E-state index is 12.4. The van der Waals surface area contributed by atoms with E-state index in [2.05, 4.69) is 31.1 Å². The molecule has 0 spiro atoms. The summed E-state index contributed by atoms with van der Waals surface area (Å²) in [4.78, 5) is 21.5. The number of aromatic nitrogens is 2. The first-order valence-corrected chi connectivity index (χ1v) is 11.4. The number of hydrogen-bond acceptors (Lipinski definition) is 5. The molecular formula is C22H30ClIN6O2. The maximum Gasteiger partial charge on any atom is 0.248 e. The summed E-state index contributed by atoms with van der Waals surface area (Å²) in [5, 5.41) is 14.6. The molecule has 3 N–H and O–H groups in total. The fraction of sp³-hybridized carbons (Fsp3) is 0.545. The summed E-state index contributed by atoms with van der Waals surface area (Å²) in [7, 11) is 0. The molecule has 4 rings (SSSR count). The Morgan fingerprint density at radius 3 is 2.66 bits per heavy atom. The lowest BCUT2D eigenvalue weighted by Gasteiger charge is -2.30. The van der Waals surface area contributed by atoms with Crippen LogP contribution in [0.4, 0.5) is 0 Å². The molecule has 1 amide bonds. The Labute approximate surface area is 210 Å². The summed E-state index contributed by atoms with van der Waals surface area (Å²) >= 11 is 5.93. The molecule has 2 unspecified atom stereocenters. The summed E-state index contributed by atoms with van der Waals surface area (Å²) in [6.45, 7) is 3.04. The van der Waals surface area contributed by atoms with Gasteiger partial charge in [0.2, 0.25) is 17.6 Å². The van der Waals surface area contributed by atoms with E-state index in [1.54, 1.807) is 12.1 Å². The van der Waals surface area contributed by atoms with Gasteiger partial charge in [-0.05, 0) is 63.3 Å². The predicted octanol–water partition coefficient (Wildman–Crippen LogP) is 3.90. The van der Waals surface area contributed by atoms with Gasteiger partial charge in [0.25, 0.3) is 0 Å². The van der Waals surface area contributed by atoms with Crippen molar-refractivity contribution in [2.45, 2.75) is 64.1 Å². The highest BCUT2D eigenvalue weighted by Crippen LogP contribution is 2.27. The SMILES string of the molecule is CCNC(=NCc1nc(-c2ccc(Cl)cc2)no1)NC1CCCC(C(=O)NC2CC2)C1.I. The Hall–Kier alpha value is -1.88. The number of nitrogens with zero attached hydrogens (tertiary/aromatic N) is 3. The first kappa shape index (κ1) is 24.8. The number of halogens is 2. The zero-order chi connectivity index (χ0) is 21.6. The molecule has 2 fully saturated rings. The molecule has 2 saturated carbocycles. The number of rotatable bonds is 7. The molecule has 1 aromatic heterocycles. The van der Waals surface area contributed by atoms with Crippen LogP contribution in [-0.4, -0.2) is 40.6 Å². The Bertz CT molecular complexity index is 915. The summed E-state index contributed by atoms with van der Waals surface area (Å²) in [5.41, 5.74) is 0.839. The molecule has 10 heteroatoms. The quantitative estimate of drug-likeness (QED) is 0.264. The average Bonchev–Trinajstić information content (AvgIpc) is 3.46. The molecule has 0 aliphatic heterocycles. The minimum atomic E-state index is 0. The molecule has 8 nitrogen and oxygen atoms in total. The number of aliphatic imine (C=N–C) groups is 1. The van der Waals surface area contributed by atoms with Crippen molar-refractivity contribution in [1.82, 2.24) is 26.1 Å². The number of hydrogen-bond donors (Lipinski definition) is 3. The van der Waals surface area contributed by atoms with Crippen molar-refractivity contribution in [3.8, 4) is 11.4 Å². The lowest BCUT2D eigenvalue weighted by atomic mass is 9.85. The second kappa shape index (κ2) is 11.8. The zero-order valence-corrected chi connectivity index (χ0v) is 21.2. The van der Waals surface area contributed by atoms with E-state index in [0.717, 1.165) is 50.6 Å². The minimum absolute atomic E-state index is 0. The third kappa shape index (κ3) is 7.06. The Kier molecular flexibility index (Phi) is 9.15. The summed E-state index contributed by atoms with van der Waals surface area (Å²) < 4.78 is 5.35. The van der Waals surface area contributed by atoms with E-state index in [-0.39, 0.29) is 48.4 Å². The standard InChI is InChI=1S/C22H29ClN6O2.HI/c1-2-24-22(27-18-5-3-4-15(12-18)21(30)26-17-10-11-17)25-13-19-28-20(29-31-19)14-6-8-16(23)9-7-14;/h6-9,15,17-18H,2-5,10-13H2,1H3,(H,26,30)(H2,24,25,27);1H. The molecule has 1 heterocycles. The topological polar surface area (TPSA) is 104 Å². The number of carbonyl (C=O) groups is 1. The molecule has 32 heavy (non-hydrogen) atoms. The third-order valence-electron chi connectivity index (χ3n) is 5.60. The van der Waals surface area contributed by atoms with Gasteiger partial charge < -0.3 is 20.5 Å². The smallest absolute Gasteiger partial charge is 0.248 e. The number of nitrogens with one attached hydrogen (secondary N) is 3. The molecule has 2 aliphatic carbocycles. The molecule has 1 aromatic carbocycles. The molecule has 0 radical (unpaired) electrons. The van der Waals surface area contributed by atoms with Crippen LogP contribution in [0, 0.1) is 5.92 Å². The van der Waals surface area contributed by atoms with E-state index >= 15 is 0 Å². The maximum absolute atomic E-state index is 12.4. The van der Waals surface area contributed by atoms with Crippen molar-refractivity contribution in [2.24, 2.45) is 10.9 Å². The summed E-state index contributed by atoms with van der Waals surface area (Å²) in [5.74, 6) is 1.93. The van der Waals surface area contributed by atoms with Crippen LogP contribution in [0.1, 0.15) is 51.3 Å². The molecule has 0 saturated heterocycles. The van der Waals surface area contributed by atoms with Crippen LogP contribution >= 0.6 is 35.6 Å². The number of carbonyl (C=O) groups excluding carboxylic acids is 1. The van der Waals surface area contributed by atoms with Crippen LogP contribution in [-0.2, 0) is 11.3 Å². The lowest BCUT2D eigenvalue weighted by molar-refractivity contribution is -0.126. The van der Waals surface area contributed by atoms with E-state index in [1.807, 2.05) is 19.1 Å². The molecule has 174 valence electrons. The molecule has 2 atom stereocenters. The highest BCUT2D eigenvalue weighted by Gasteiger charge is 2.31. The largest absolute Gasteiger partial charge is 0.357 e. The van der Waals surface area contributed by atoms with Gasteiger partial charge in [-0.2, -0.15) is 4.98 Å². The fourth-order valence-electron chi connectivity index (χ4n) is 3.80. The Balaban J connectivity index is 0.00000289. The number of amides is 1. The highest BCUT2D eigenvalue weighted by atomic mass is 127. The lowest BCUT2D eigenvalue weighted by Crippen LogP contribution is -2.47. The first-order valence-electron chi connectivity index (χ1n) is 11.0. The second-order valence-electron chi connectivity index (χ2n) is 8.20. The van der Waals surface area contributed by atoms with Gasteiger partial charge in [0, 0.05) is 35.1 Å². The molecular weight excluding hydrogens is 543 g/mol. The average molecular weight is 573 g/mol.